The molecule has 0 fully saturated rings. The first kappa shape index (κ1) is 24.6. The maximum absolute atomic E-state index is 12.9. The summed E-state index contributed by atoms with van der Waals surface area (Å²) in [5.74, 6) is -0.448. The first-order valence-corrected chi connectivity index (χ1v) is 11.7. The van der Waals surface area contributed by atoms with Crippen LogP contribution in [0, 0.1) is 34.6 Å². The van der Waals surface area contributed by atoms with Gasteiger partial charge in [0.15, 0.2) is 0 Å². The van der Waals surface area contributed by atoms with E-state index in [1.54, 1.807) is 45.0 Å². The van der Waals surface area contributed by atoms with Crippen molar-refractivity contribution in [2.24, 2.45) is 0 Å². The molecule has 0 aliphatic carbocycles. The smallest absolute Gasteiger partial charge is 0.241 e. The molecule has 168 valence electrons. The minimum Gasteiger partial charge on any atom is -0.326 e. The van der Waals surface area contributed by atoms with Gasteiger partial charge in [-0.1, -0.05) is 13.0 Å². The SMILES string of the molecule is CCC(=O)Nc1cccc(NC(=O)CCNS(=O)(=O)c2c(C)c(C)c(C)c(C)c2C)c1. The molecule has 2 amide bonds. The van der Waals surface area contributed by atoms with Gasteiger partial charge in [-0.2, -0.15) is 0 Å². The Morgan fingerprint density at radius 2 is 1.29 bits per heavy atom. The molecule has 7 nitrogen and oxygen atoms in total. The first-order valence-electron chi connectivity index (χ1n) is 10.2. The minimum atomic E-state index is -3.75. The lowest BCUT2D eigenvalue weighted by atomic mass is 9.95. The van der Waals surface area contributed by atoms with Crippen molar-refractivity contribution in [3.8, 4) is 0 Å². The fourth-order valence-corrected chi connectivity index (χ4v) is 5.01. The van der Waals surface area contributed by atoms with Crippen LogP contribution in [0.4, 0.5) is 11.4 Å². The van der Waals surface area contributed by atoms with Crippen molar-refractivity contribution in [3.63, 3.8) is 0 Å². The molecule has 31 heavy (non-hydrogen) atoms. The van der Waals surface area contributed by atoms with Gasteiger partial charge in [0.1, 0.15) is 0 Å². The van der Waals surface area contributed by atoms with Crippen LogP contribution in [-0.2, 0) is 19.6 Å². The second-order valence-corrected chi connectivity index (χ2v) is 9.34. The molecular weight excluding hydrogens is 414 g/mol. The molecule has 0 saturated heterocycles. The monoisotopic (exact) mass is 445 g/mol. The number of sulfonamides is 1. The van der Waals surface area contributed by atoms with Gasteiger partial charge in [0.25, 0.3) is 0 Å². The van der Waals surface area contributed by atoms with Crippen molar-refractivity contribution in [2.45, 2.75) is 59.3 Å². The molecule has 0 bridgehead atoms. The standard InChI is InChI=1S/C23H31N3O4S/c1-7-21(27)25-19-9-8-10-20(13-19)26-22(28)11-12-24-31(29,30)23-17(5)15(3)14(2)16(4)18(23)6/h8-10,13,24H,7,11-12H2,1-6H3,(H,25,27)(H,26,28). The summed E-state index contributed by atoms with van der Waals surface area (Å²) in [4.78, 5) is 24.1. The first-order chi connectivity index (χ1) is 14.5. The average Bonchev–Trinajstić information content (AvgIpc) is 2.70. The van der Waals surface area contributed by atoms with E-state index < -0.39 is 10.0 Å². The second kappa shape index (κ2) is 10.1. The van der Waals surface area contributed by atoms with Crippen molar-refractivity contribution < 1.29 is 18.0 Å². The van der Waals surface area contributed by atoms with Crippen LogP contribution in [0.2, 0.25) is 0 Å². The van der Waals surface area contributed by atoms with Crippen molar-refractivity contribution in [3.05, 3.63) is 52.1 Å². The minimum absolute atomic E-state index is 0.0211. The number of carbonyl (C=O) groups excluding carboxylic acids is 2. The number of carbonyl (C=O) groups is 2. The number of hydrogen-bond donors (Lipinski definition) is 3. The Morgan fingerprint density at radius 3 is 1.81 bits per heavy atom. The van der Waals surface area contributed by atoms with Crippen molar-refractivity contribution in [2.75, 3.05) is 17.2 Å². The summed E-state index contributed by atoms with van der Waals surface area (Å²) in [7, 11) is -3.75. The zero-order valence-electron chi connectivity index (χ0n) is 19.0. The highest BCUT2D eigenvalue weighted by atomic mass is 32.2. The zero-order chi connectivity index (χ0) is 23.3. The predicted molar refractivity (Wildman–Crippen MR) is 124 cm³/mol. The summed E-state index contributed by atoms with van der Waals surface area (Å²) in [6.07, 6.45) is 0.336. The summed E-state index contributed by atoms with van der Waals surface area (Å²) in [5, 5.41) is 5.45. The van der Waals surface area contributed by atoms with Gasteiger partial charge in [-0.25, -0.2) is 13.1 Å². The highest BCUT2D eigenvalue weighted by Gasteiger charge is 2.23. The summed E-state index contributed by atoms with van der Waals surface area (Å²) < 4.78 is 28.4. The van der Waals surface area contributed by atoms with Crippen molar-refractivity contribution in [1.82, 2.24) is 4.72 Å². The van der Waals surface area contributed by atoms with E-state index in [0.717, 1.165) is 27.8 Å². The molecule has 2 aromatic carbocycles. The van der Waals surface area contributed by atoms with E-state index >= 15 is 0 Å². The Bertz CT molecular complexity index is 1080. The van der Waals surface area contributed by atoms with Crippen LogP contribution >= 0.6 is 0 Å². The Kier molecular flexibility index (Phi) is 7.97. The number of anilines is 2. The summed E-state index contributed by atoms with van der Waals surface area (Å²) >= 11 is 0. The normalized spacial score (nSPS) is 11.3. The number of rotatable bonds is 8. The molecule has 2 rings (SSSR count). The third-order valence-electron chi connectivity index (χ3n) is 5.60. The molecule has 0 aliphatic heterocycles. The molecule has 0 atom stereocenters. The van der Waals surface area contributed by atoms with E-state index in [-0.39, 0.29) is 29.7 Å². The molecule has 0 aromatic heterocycles. The molecule has 3 N–H and O–H groups in total. The lowest BCUT2D eigenvalue weighted by Crippen LogP contribution is -2.29. The molecule has 0 unspecified atom stereocenters. The van der Waals surface area contributed by atoms with Crippen LogP contribution in [0.3, 0.4) is 0 Å². The quantitative estimate of drug-likeness (QED) is 0.573. The van der Waals surface area contributed by atoms with E-state index in [0.29, 0.717) is 17.8 Å². The Labute approximate surface area is 184 Å². The third-order valence-corrected chi connectivity index (χ3v) is 7.33. The van der Waals surface area contributed by atoms with Gasteiger partial charge in [-0.3, -0.25) is 9.59 Å². The van der Waals surface area contributed by atoms with Gasteiger partial charge >= 0.3 is 0 Å². The van der Waals surface area contributed by atoms with Gasteiger partial charge in [-0.15, -0.1) is 0 Å². The molecule has 0 radical (unpaired) electrons. The lowest BCUT2D eigenvalue weighted by Gasteiger charge is -2.19. The third kappa shape index (κ3) is 5.92. The Morgan fingerprint density at radius 1 is 0.806 bits per heavy atom. The fraction of sp³-hybridized carbons (Fsp3) is 0.391. The van der Waals surface area contributed by atoms with Gasteiger partial charge in [0.05, 0.1) is 4.90 Å². The van der Waals surface area contributed by atoms with E-state index in [4.69, 9.17) is 0 Å². The largest absolute Gasteiger partial charge is 0.326 e. The topological polar surface area (TPSA) is 104 Å². The highest BCUT2D eigenvalue weighted by Crippen LogP contribution is 2.29. The van der Waals surface area contributed by atoms with E-state index in [9.17, 15) is 18.0 Å². The van der Waals surface area contributed by atoms with Crippen molar-refractivity contribution in [1.29, 1.82) is 0 Å². The fourth-order valence-electron chi connectivity index (χ4n) is 3.39. The number of amides is 2. The van der Waals surface area contributed by atoms with Crippen LogP contribution in [0.25, 0.3) is 0 Å². The van der Waals surface area contributed by atoms with Gasteiger partial charge in [0, 0.05) is 30.8 Å². The van der Waals surface area contributed by atoms with Crippen LogP contribution in [0.5, 0.6) is 0 Å². The van der Waals surface area contributed by atoms with E-state index in [1.807, 2.05) is 20.8 Å². The van der Waals surface area contributed by atoms with Crippen LogP contribution in [0.1, 0.15) is 47.6 Å². The zero-order valence-corrected chi connectivity index (χ0v) is 19.8. The van der Waals surface area contributed by atoms with Gasteiger partial charge < -0.3 is 10.6 Å². The molecule has 8 heteroatoms. The summed E-state index contributed by atoms with van der Waals surface area (Å²) in [6, 6.07) is 6.80. The second-order valence-electron chi connectivity index (χ2n) is 7.63. The van der Waals surface area contributed by atoms with Crippen LogP contribution in [-0.4, -0.2) is 26.8 Å². The van der Waals surface area contributed by atoms with E-state index in [2.05, 4.69) is 15.4 Å². The average molecular weight is 446 g/mol. The Balaban J connectivity index is 2.03. The summed E-state index contributed by atoms with van der Waals surface area (Å²) in [5.41, 5.74) is 5.56. The molecule has 2 aromatic rings. The Hall–Kier alpha value is -2.71. The number of nitrogens with one attached hydrogen (secondary N) is 3. The predicted octanol–water partition coefficient (Wildman–Crippen LogP) is 3.88. The van der Waals surface area contributed by atoms with Crippen LogP contribution in [0.15, 0.2) is 29.2 Å². The summed E-state index contributed by atoms with van der Waals surface area (Å²) in [6.45, 7) is 11.2. The number of hydrogen-bond acceptors (Lipinski definition) is 4. The van der Waals surface area contributed by atoms with Crippen LogP contribution < -0.4 is 15.4 Å². The van der Waals surface area contributed by atoms with Crippen molar-refractivity contribution >= 4 is 33.2 Å². The number of benzene rings is 2. The highest BCUT2D eigenvalue weighted by molar-refractivity contribution is 7.89. The van der Waals surface area contributed by atoms with E-state index in [1.165, 1.54) is 0 Å². The molecular formula is C23H31N3O4S. The van der Waals surface area contributed by atoms with Gasteiger partial charge in [-0.05, 0) is 80.6 Å². The molecule has 0 saturated carbocycles. The molecule has 0 aliphatic rings. The lowest BCUT2D eigenvalue weighted by molar-refractivity contribution is -0.116. The van der Waals surface area contributed by atoms with Gasteiger partial charge in [0.2, 0.25) is 21.8 Å². The maximum atomic E-state index is 12.9. The molecule has 0 spiro atoms. The molecule has 0 heterocycles. The maximum Gasteiger partial charge on any atom is 0.241 e.